The summed E-state index contributed by atoms with van der Waals surface area (Å²) in [7, 11) is -2.56. The lowest BCUT2D eigenvalue weighted by atomic mass is 10.1. The minimum atomic E-state index is -3.91. The van der Waals surface area contributed by atoms with Gasteiger partial charge in [0.2, 0.25) is 10.0 Å². The molecule has 0 aliphatic heterocycles. The van der Waals surface area contributed by atoms with Crippen LogP contribution in [0.4, 0.5) is 4.39 Å². The average molecular weight is 378 g/mol. The van der Waals surface area contributed by atoms with Gasteiger partial charge >= 0.3 is 0 Å². The SMILES string of the molecule is COc1ccc([C@@H](C)NS(=O)(=O)c2cc(Cl)ccc2Cl)cc1F. The number of halogens is 3. The van der Waals surface area contributed by atoms with Gasteiger partial charge in [-0.15, -0.1) is 0 Å². The molecule has 1 N–H and O–H groups in total. The molecule has 0 spiro atoms. The van der Waals surface area contributed by atoms with E-state index in [0.717, 1.165) is 0 Å². The summed E-state index contributed by atoms with van der Waals surface area (Å²) in [4.78, 5) is -0.132. The molecule has 124 valence electrons. The number of sulfonamides is 1. The molecule has 0 amide bonds. The molecule has 0 aliphatic rings. The minimum Gasteiger partial charge on any atom is -0.494 e. The van der Waals surface area contributed by atoms with Crippen LogP contribution in [-0.2, 0) is 10.0 Å². The molecule has 1 atom stereocenters. The smallest absolute Gasteiger partial charge is 0.242 e. The van der Waals surface area contributed by atoms with Crippen LogP contribution in [0, 0.1) is 5.82 Å². The van der Waals surface area contributed by atoms with Crippen LogP contribution in [-0.4, -0.2) is 15.5 Å². The van der Waals surface area contributed by atoms with Crippen molar-refractivity contribution in [2.75, 3.05) is 7.11 Å². The summed E-state index contributed by atoms with van der Waals surface area (Å²) in [6, 6.07) is 7.70. The Morgan fingerprint density at radius 1 is 1.17 bits per heavy atom. The van der Waals surface area contributed by atoms with Crippen molar-refractivity contribution in [3.63, 3.8) is 0 Å². The predicted molar refractivity (Wildman–Crippen MR) is 88.2 cm³/mol. The zero-order valence-corrected chi connectivity index (χ0v) is 14.6. The van der Waals surface area contributed by atoms with Crippen molar-refractivity contribution in [2.45, 2.75) is 17.9 Å². The van der Waals surface area contributed by atoms with Gasteiger partial charge in [-0.1, -0.05) is 29.3 Å². The Morgan fingerprint density at radius 2 is 1.87 bits per heavy atom. The van der Waals surface area contributed by atoms with Gasteiger partial charge in [0.1, 0.15) is 4.90 Å². The molecule has 0 heterocycles. The number of benzene rings is 2. The number of hydrogen-bond acceptors (Lipinski definition) is 3. The molecule has 2 aromatic rings. The summed E-state index contributed by atoms with van der Waals surface area (Å²) >= 11 is 11.7. The summed E-state index contributed by atoms with van der Waals surface area (Å²) in [5.41, 5.74) is 0.449. The van der Waals surface area contributed by atoms with E-state index in [1.165, 1.54) is 37.4 Å². The highest BCUT2D eigenvalue weighted by Gasteiger charge is 2.22. The molecule has 23 heavy (non-hydrogen) atoms. The number of methoxy groups -OCH3 is 1. The summed E-state index contributed by atoms with van der Waals surface area (Å²) in [5, 5.41) is 0.299. The monoisotopic (exact) mass is 377 g/mol. The van der Waals surface area contributed by atoms with Crippen molar-refractivity contribution in [3.05, 3.63) is 57.8 Å². The fraction of sp³-hybridized carbons (Fsp3) is 0.200. The van der Waals surface area contributed by atoms with Crippen LogP contribution in [0.15, 0.2) is 41.3 Å². The maximum absolute atomic E-state index is 13.7. The van der Waals surface area contributed by atoms with Crippen molar-refractivity contribution >= 4 is 33.2 Å². The van der Waals surface area contributed by atoms with E-state index in [4.69, 9.17) is 27.9 Å². The second-order valence-corrected chi connectivity index (χ2v) is 7.34. The first kappa shape index (κ1) is 18.0. The third-order valence-electron chi connectivity index (χ3n) is 3.19. The number of rotatable bonds is 5. The Bertz CT molecular complexity index is 827. The highest BCUT2D eigenvalue weighted by molar-refractivity contribution is 7.89. The summed E-state index contributed by atoms with van der Waals surface area (Å²) in [6.45, 7) is 1.59. The van der Waals surface area contributed by atoms with Gasteiger partial charge in [0.05, 0.1) is 12.1 Å². The Labute approximate surface area is 144 Å². The number of ether oxygens (including phenoxy) is 1. The molecule has 8 heteroatoms. The quantitative estimate of drug-likeness (QED) is 0.849. The van der Waals surface area contributed by atoms with Crippen LogP contribution in [0.2, 0.25) is 10.0 Å². The topological polar surface area (TPSA) is 55.4 Å². The molecular formula is C15H14Cl2FNO3S. The molecule has 4 nitrogen and oxygen atoms in total. The van der Waals surface area contributed by atoms with Gasteiger partial charge in [-0.05, 0) is 42.8 Å². The van der Waals surface area contributed by atoms with E-state index >= 15 is 0 Å². The first-order valence-electron chi connectivity index (χ1n) is 6.55. The Balaban J connectivity index is 2.29. The largest absolute Gasteiger partial charge is 0.494 e. The van der Waals surface area contributed by atoms with Gasteiger partial charge in [-0.25, -0.2) is 17.5 Å². The van der Waals surface area contributed by atoms with Gasteiger partial charge in [0.25, 0.3) is 0 Å². The second kappa shape index (κ2) is 7.05. The molecular weight excluding hydrogens is 364 g/mol. The van der Waals surface area contributed by atoms with Crippen molar-refractivity contribution in [3.8, 4) is 5.75 Å². The number of hydrogen-bond donors (Lipinski definition) is 1. The first-order chi connectivity index (χ1) is 10.7. The molecule has 0 fully saturated rings. The van der Waals surface area contributed by atoms with E-state index in [1.807, 2.05) is 0 Å². The number of nitrogens with one attached hydrogen (secondary N) is 1. The van der Waals surface area contributed by atoms with Crippen LogP contribution in [0.25, 0.3) is 0 Å². The Morgan fingerprint density at radius 3 is 2.48 bits per heavy atom. The van der Waals surface area contributed by atoms with Gasteiger partial charge < -0.3 is 4.74 Å². The van der Waals surface area contributed by atoms with E-state index in [1.54, 1.807) is 13.0 Å². The van der Waals surface area contributed by atoms with Crippen LogP contribution in [0.3, 0.4) is 0 Å². The molecule has 0 saturated heterocycles. The van der Waals surface area contributed by atoms with Crippen LogP contribution in [0.5, 0.6) is 5.75 Å². The molecule has 0 saturated carbocycles. The molecule has 2 aromatic carbocycles. The van der Waals surface area contributed by atoms with E-state index in [0.29, 0.717) is 5.56 Å². The van der Waals surface area contributed by atoms with Crippen molar-refractivity contribution in [2.24, 2.45) is 0 Å². The maximum atomic E-state index is 13.7. The Hall–Kier alpha value is -1.34. The van der Waals surface area contributed by atoms with Crippen LogP contribution >= 0.6 is 23.2 Å². The summed E-state index contributed by atoms with van der Waals surface area (Å²) in [6.07, 6.45) is 0. The molecule has 2 rings (SSSR count). The maximum Gasteiger partial charge on any atom is 0.242 e. The molecule has 0 unspecified atom stereocenters. The normalized spacial score (nSPS) is 12.9. The average Bonchev–Trinajstić information content (AvgIpc) is 2.49. The standard InChI is InChI=1S/C15H14Cl2FNO3S/c1-9(10-3-6-14(22-2)13(18)7-10)19-23(20,21)15-8-11(16)4-5-12(15)17/h3-9,19H,1-2H3/t9-/m1/s1. The second-order valence-electron chi connectivity index (χ2n) is 4.81. The Kier molecular flexibility index (Phi) is 5.52. The fourth-order valence-electron chi connectivity index (χ4n) is 2.00. The van der Waals surface area contributed by atoms with Gasteiger partial charge in [0.15, 0.2) is 11.6 Å². The van der Waals surface area contributed by atoms with Gasteiger partial charge in [-0.3, -0.25) is 0 Å². The van der Waals surface area contributed by atoms with Gasteiger partial charge in [0, 0.05) is 11.1 Å². The fourth-order valence-corrected chi connectivity index (χ4v) is 3.99. The summed E-state index contributed by atoms with van der Waals surface area (Å²) in [5.74, 6) is -0.487. The van der Waals surface area contributed by atoms with Crippen LogP contribution < -0.4 is 9.46 Å². The lowest BCUT2D eigenvalue weighted by molar-refractivity contribution is 0.386. The summed E-state index contributed by atoms with van der Waals surface area (Å²) < 4.78 is 45.9. The molecule has 0 aromatic heterocycles. The molecule has 0 radical (unpaired) electrons. The molecule has 0 bridgehead atoms. The van der Waals surface area contributed by atoms with E-state index in [-0.39, 0.29) is 20.7 Å². The minimum absolute atomic E-state index is 0.0509. The van der Waals surface area contributed by atoms with E-state index in [2.05, 4.69) is 4.72 Å². The first-order valence-corrected chi connectivity index (χ1v) is 8.79. The van der Waals surface area contributed by atoms with Crippen molar-refractivity contribution in [1.29, 1.82) is 0 Å². The van der Waals surface area contributed by atoms with E-state index in [9.17, 15) is 12.8 Å². The van der Waals surface area contributed by atoms with Crippen LogP contribution in [0.1, 0.15) is 18.5 Å². The lowest BCUT2D eigenvalue weighted by Gasteiger charge is -2.16. The third-order valence-corrected chi connectivity index (χ3v) is 5.45. The van der Waals surface area contributed by atoms with Gasteiger partial charge in [-0.2, -0.15) is 0 Å². The lowest BCUT2D eigenvalue weighted by Crippen LogP contribution is -2.27. The van der Waals surface area contributed by atoms with Crippen molar-refractivity contribution < 1.29 is 17.5 Å². The zero-order chi connectivity index (χ0) is 17.2. The third kappa shape index (κ3) is 4.14. The highest BCUT2D eigenvalue weighted by Crippen LogP contribution is 2.27. The predicted octanol–water partition coefficient (Wildman–Crippen LogP) is 4.18. The zero-order valence-electron chi connectivity index (χ0n) is 12.3. The molecule has 0 aliphatic carbocycles. The van der Waals surface area contributed by atoms with E-state index < -0.39 is 21.9 Å². The van der Waals surface area contributed by atoms with Crippen molar-refractivity contribution in [1.82, 2.24) is 4.72 Å². The highest BCUT2D eigenvalue weighted by atomic mass is 35.5.